The average molecular weight is 311 g/mol. The lowest BCUT2D eigenvalue weighted by molar-refractivity contribution is -0.131. The molecule has 0 bridgehead atoms. The Hall–Kier alpha value is -0.830. The number of likely N-dealkylation sites (N-methyl/N-ethyl adjacent to an activating group) is 1. The number of hydrogen-bond donors (Lipinski definition) is 1. The zero-order valence-corrected chi connectivity index (χ0v) is 15.7. The zero-order chi connectivity index (χ0) is 17.0. The molecule has 130 valence electrons. The first kappa shape index (κ1) is 21.2. The van der Waals surface area contributed by atoms with Crippen molar-refractivity contribution < 1.29 is 4.79 Å². The lowest BCUT2D eigenvalue weighted by Crippen LogP contribution is -2.42. The molecule has 0 aromatic carbocycles. The summed E-state index contributed by atoms with van der Waals surface area (Å²) in [5, 5.41) is 3.15. The molecule has 3 nitrogen and oxygen atoms in total. The van der Waals surface area contributed by atoms with E-state index in [1.807, 2.05) is 13.8 Å². The van der Waals surface area contributed by atoms with Crippen molar-refractivity contribution in [2.45, 2.75) is 67.2 Å². The van der Waals surface area contributed by atoms with Crippen molar-refractivity contribution in [1.82, 2.24) is 10.2 Å². The second-order valence-electron chi connectivity index (χ2n) is 6.33. The molecule has 2 atom stereocenters. The van der Waals surface area contributed by atoms with Gasteiger partial charge in [0.1, 0.15) is 0 Å². The minimum atomic E-state index is -0.192. The monoisotopic (exact) mass is 310 g/mol. The standard InChI is InChI=1S/C17H32N2O.C2H6/c1-5-19(6-2)14-13-18-16(20)17(4)11-8-7-9-15(3)10-12-17;1-2/h7,9,15H,5-6,8,10-14H2,1-4H3,(H,18,20);1-2H3/b9-7+;. The fraction of sp³-hybridized carbons (Fsp3) is 0.842. The van der Waals surface area contributed by atoms with E-state index in [0.717, 1.165) is 51.9 Å². The molecule has 1 aliphatic carbocycles. The summed E-state index contributed by atoms with van der Waals surface area (Å²) < 4.78 is 0. The Balaban J connectivity index is 0.00000211. The number of rotatable bonds is 6. The SMILES string of the molecule is CC.CCN(CC)CCNC(=O)C1(C)CC/C=C/C(C)CC1. The topological polar surface area (TPSA) is 32.3 Å². The molecular weight excluding hydrogens is 272 g/mol. The van der Waals surface area contributed by atoms with Gasteiger partial charge < -0.3 is 10.2 Å². The molecule has 1 amide bonds. The van der Waals surface area contributed by atoms with E-state index >= 15 is 0 Å². The molecule has 0 aromatic heterocycles. The van der Waals surface area contributed by atoms with Gasteiger partial charge in [0.25, 0.3) is 0 Å². The predicted octanol–water partition coefficient (Wildman–Crippen LogP) is 4.24. The number of hydrogen-bond acceptors (Lipinski definition) is 2. The highest BCUT2D eigenvalue weighted by atomic mass is 16.2. The van der Waals surface area contributed by atoms with Gasteiger partial charge in [-0.1, -0.05) is 53.7 Å². The van der Waals surface area contributed by atoms with E-state index in [9.17, 15) is 4.79 Å². The maximum atomic E-state index is 12.5. The molecule has 0 fully saturated rings. The zero-order valence-electron chi connectivity index (χ0n) is 15.7. The van der Waals surface area contributed by atoms with Gasteiger partial charge in [-0.25, -0.2) is 0 Å². The quantitative estimate of drug-likeness (QED) is 0.744. The molecule has 3 heteroatoms. The van der Waals surface area contributed by atoms with Crippen LogP contribution >= 0.6 is 0 Å². The van der Waals surface area contributed by atoms with E-state index in [0.29, 0.717) is 5.92 Å². The van der Waals surface area contributed by atoms with Crippen molar-refractivity contribution in [3.8, 4) is 0 Å². The minimum absolute atomic E-state index is 0.192. The summed E-state index contributed by atoms with van der Waals surface area (Å²) in [6, 6.07) is 0. The van der Waals surface area contributed by atoms with Crippen LogP contribution in [0.15, 0.2) is 12.2 Å². The van der Waals surface area contributed by atoms with Crippen molar-refractivity contribution in [1.29, 1.82) is 0 Å². The van der Waals surface area contributed by atoms with Gasteiger partial charge in [-0.2, -0.15) is 0 Å². The lowest BCUT2D eigenvalue weighted by atomic mass is 9.77. The molecule has 1 aliphatic rings. The van der Waals surface area contributed by atoms with Gasteiger partial charge in [0.2, 0.25) is 5.91 Å². The largest absolute Gasteiger partial charge is 0.354 e. The molecule has 0 spiro atoms. The smallest absolute Gasteiger partial charge is 0.225 e. The van der Waals surface area contributed by atoms with Crippen LogP contribution < -0.4 is 5.32 Å². The van der Waals surface area contributed by atoms with Crippen LogP contribution in [0.3, 0.4) is 0 Å². The predicted molar refractivity (Wildman–Crippen MR) is 97.0 cm³/mol. The molecular formula is C19H38N2O. The highest BCUT2D eigenvalue weighted by Crippen LogP contribution is 2.33. The van der Waals surface area contributed by atoms with Crippen molar-refractivity contribution in [2.75, 3.05) is 26.2 Å². The van der Waals surface area contributed by atoms with E-state index in [1.165, 1.54) is 0 Å². The molecule has 2 unspecified atom stereocenters. The Morgan fingerprint density at radius 1 is 1.27 bits per heavy atom. The van der Waals surface area contributed by atoms with Crippen molar-refractivity contribution in [3.05, 3.63) is 12.2 Å². The van der Waals surface area contributed by atoms with E-state index in [-0.39, 0.29) is 11.3 Å². The van der Waals surface area contributed by atoms with Crippen LogP contribution in [-0.2, 0) is 4.79 Å². The minimum Gasteiger partial charge on any atom is -0.354 e. The van der Waals surface area contributed by atoms with Gasteiger partial charge in [-0.05, 0) is 44.7 Å². The van der Waals surface area contributed by atoms with Gasteiger partial charge in [0, 0.05) is 18.5 Å². The lowest BCUT2D eigenvalue weighted by Gasteiger charge is -2.30. The summed E-state index contributed by atoms with van der Waals surface area (Å²) in [5.74, 6) is 0.838. The summed E-state index contributed by atoms with van der Waals surface area (Å²) in [6.07, 6.45) is 8.62. The second-order valence-corrected chi connectivity index (χ2v) is 6.33. The average Bonchev–Trinajstić information content (AvgIpc) is 2.54. The number of carbonyl (C=O) groups excluding carboxylic acids is 1. The molecule has 0 radical (unpaired) electrons. The summed E-state index contributed by atoms with van der Waals surface area (Å²) in [4.78, 5) is 14.8. The van der Waals surface area contributed by atoms with Gasteiger partial charge in [-0.3, -0.25) is 4.79 Å². The van der Waals surface area contributed by atoms with Crippen LogP contribution in [0, 0.1) is 11.3 Å². The summed E-state index contributed by atoms with van der Waals surface area (Å²) in [5.41, 5.74) is -0.192. The third kappa shape index (κ3) is 7.44. The van der Waals surface area contributed by atoms with E-state index < -0.39 is 0 Å². The van der Waals surface area contributed by atoms with Crippen molar-refractivity contribution >= 4 is 5.91 Å². The van der Waals surface area contributed by atoms with Gasteiger partial charge in [0.05, 0.1) is 0 Å². The Labute approximate surface area is 138 Å². The maximum Gasteiger partial charge on any atom is 0.225 e. The Kier molecular flexibility index (Phi) is 11.3. The Morgan fingerprint density at radius 3 is 2.50 bits per heavy atom. The maximum absolute atomic E-state index is 12.5. The van der Waals surface area contributed by atoms with Crippen LogP contribution in [0.1, 0.15) is 67.2 Å². The summed E-state index contributed by atoms with van der Waals surface area (Å²) in [6.45, 7) is 16.5. The Bertz CT molecular complexity index is 323. The fourth-order valence-electron chi connectivity index (χ4n) is 2.81. The van der Waals surface area contributed by atoms with Crippen molar-refractivity contribution in [2.24, 2.45) is 11.3 Å². The van der Waals surface area contributed by atoms with E-state index in [1.54, 1.807) is 0 Å². The van der Waals surface area contributed by atoms with Crippen LogP contribution in [-0.4, -0.2) is 37.0 Å². The first-order chi connectivity index (χ1) is 10.5. The third-order valence-electron chi connectivity index (χ3n) is 4.64. The summed E-state index contributed by atoms with van der Waals surface area (Å²) in [7, 11) is 0. The second kappa shape index (κ2) is 11.7. The van der Waals surface area contributed by atoms with Gasteiger partial charge in [0.15, 0.2) is 0 Å². The normalized spacial score (nSPS) is 26.4. The van der Waals surface area contributed by atoms with Crippen LogP contribution in [0.4, 0.5) is 0 Å². The number of nitrogens with one attached hydrogen (secondary N) is 1. The van der Waals surface area contributed by atoms with E-state index in [2.05, 4.69) is 50.1 Å². The van der Waals surface area contributed by atoms with Gasteiger partial charge >= 0.3 is 0 Å². The van der Waals surface area contributed by atoms with Crippen LogP contribution in [0.2, 0.25) is 0 Å². The highest BCUT2D eigenvalue weighted by Gasteiger charge is 2.32. The molecule has 1 rings (SSSR count). The Morgan fingerprint density at radius 2 is 1.91 bits per heavy atom. The highest BCUT2D eigenvalue weighted by molar-refractivity contribution is 5.82. The molecule has 0 saturated carbocycles. The molecule has 0 aromatic rings. The molecule has 0 aliphatic heterocycles. The summed E-state index contributed by atoms with van der Waals surface area (Å²) >= 11 is 0. The third-order valence-corrected chi connectivity index (χ3v) is 4.64. The van der Waals surface area contributed by atoms with E-state index in [4.69, 9.17) is 0 Å². The fourth-order valence-corrected chi connectivity index (χ4v) is 2.81. The molecule has 22 heavy (non-hydrogen) atoms. The van der Waals surface area contributed by atoms with Gasteiger partial charge in [-0.15, -0.1) is 0 Å². The first-order valence-corrected chi connectivity index (χ1v) is 9.19. The first-order valence-electron chi connectivity index (χ1n) is 9.19. The number of allylic oxidation sites excluding steroid dienone is 2. The number of nitrogens with zero attached hydrogens (tertiary/aromatic N) is 1. The van der Waals surface area contributed by atoms with Crippen LogP contribution in [0.25, 0.3) is 0 Å². The molecule has 0 saturated heterocycles. The molecule has 1 N–H and O–H groups in total. The number of carbonyl (C=O) groups is 1. The molecule has 0 heterocycles. The van der Waals surface area contributed by atoms with Crippen LogP contribution in [0.5, 0.6) is 0 Å². The number of amides is 1. The van der Waals surface area contributed by atoms with Crippen molar-refractivity contribution in [3.63, 3.8) is 0 Å².